The third-order valence-electron chi connectivity index (χ3n) is 4.44. The van der Waals surface area contributed by atoms with E-state index in [0.29, 0.717) is 24.2 Å². The molecule has 1 atom stereocenters. The van der Waals surface area contributed by atoms with Gasteiger partial charge in [-0.05, 0) is 43.7 Å². The Morgan fingerprint density at radius 3 is 2.40 bits per heavy atom. The number of ether oxygens (including phenoxy) is 1. The first-order valence-electron chi connectivity index (χ1n) is 7.05. The quantitative estimate of drug-likeness (QED) is 0.902. The van der Waals surface area contributed by atoms with Crippen LogP contribution in [0.1, 0.15) is 48.5 Å². The van der Waals surface area contributed by atoms with Crippen molar-refractivity contribution in [3.8, 4) is 5.75 Å². The Morgan fingerprint density at radius 2 is 1.85 bits per heavy atom. The molecule has 0 spiro atoms. The molecule has 112 valence electrons. The number of rotatable bonds is 3. The van der Waals surface area contributed by atoms with Crippen LogP contribution in [0.25, 0.3) is 0 Å². The summed E-state index contributed by atoms with van der Waals surface area (Å²) in [5, 5.41) is 10.5. The number of aryl methyl sites for hydroxylation is 1. The van der Waals surface area contributed by atoms with Crippen LogP contribution in [-0.4, -0.2) is 18.1 Å². The average Bonchev–Trinajstić information content (AvgIpc) is 2.41. The van der Waals surface area contributed by atoms with E-state index in [2.05, 4.69) is 0 Å². The second kappa shape index (κ2) is 5.68. The first-order valence-corrected chi connectivity index (χ1v) is 7.05. The molecule has 0 amide bonds. The number of halogens is 2. The minimum Gasteiger partial charge on any atom is -0.496 e. The molecular formula is C16H22F2O2. The number of methoxy groups -OCH3 is 1. The molecule has 20 heavy (non-hydrogen) atoms. The summed E-state index contributed by atoms with van der Waals surface area (Å²) in [4.78, 5) is 0. The molecule has 0 aromatic heterocycles. The first-order chi connectivity index (χ1) is 9.35. The Labute approximate surface area is 118 Å². The molecule has 0 aliphatic heterocycles. The van der Waals surface area contributed by atoms with E-state index in [4.69, 9.17) is 4.74 Å². The van der Waals surface area contributed by atoms with E-state index in [-0.39, 0.29) is 18.8 Å². The molecule has 1 aliphatic carbocycles. The molecule has 1 aromatic carbocycles. The smallest absolute Gasteiger partial charge is 0.248 e. The zero-order valence-corrected chi connectivity index (χ0v) is 12.2. The Hall–Kier alpha value is -1.16. The highest BCUT2D eigenvalue weighted by Crippen LogP contribution is 2.43. The SMILES string of the molecule is COc1c(C(O)C2CCC(F)(F)CC2)ccc(C)c1C. The largest absolute Gasteiger partial charge is 0.496 e. The zero-order valence-electron chi connectivity index (χ0n) is 12.2. The van der Waals surface area contributed by atoms with Gasteiger partial charge in [0.1, 0.15) is 5.75 Å². The number of aliphatic hydroxyl groups is 1. The molecule has 0 saturated heterocycles. The van der Waals surface area contributed by atoms with Gasteiger partial charge in [0.05, 0.1) is 13.2 Å². The van der Waals surface area contributed by atoms with Crippen molar-refractivity contribution in [2.75, 3.05) is 7.11 Å². The summed E-state index contributed by atoms with van der Waals surface area (Å²) in [5.41, 5.74) is 2.80. The van der Waals surface area contributed by atoms with Gasteiger partial charge in [0.25, 0.3) is 0 Å². The molecule has 1 fully saturated rings. The Balaban J connectivity index is 2.22. The minimum atomic E-state index is -2.57. The summed E-state index contributed by atoms with van der Waals surface area (Å²) >= 11 is 0. The minimum absolute atomic E-state index is 0.120. The van der Waals surface area contributed by atoms with E-state index in [0.717, 1.165) is 11.1 Å². The van der Waals surface area contributed by atoms with Crippen molar-refractivity contribution in [3.05, 3.63) is 28.8 Å². The fraction of sp³-hybridized carbons (Fsp3) is 0.625. The number of aliphatic hydroxyl groups excluding tert-OH is 1. The van der Waals surface area contributed by atoms with Crippen molar-refractivity contribution in [2.45, 2.75) is 51.6 Å². The Kier molecular flexibility index (Phi) is 4.33. The first kappa shape index (κ1) is 15.2. The predicted octanol–water partition coefficient (Wildman–Crippen LogP) is 4.17. The molecule has 1 unspecified atom stereocenters. The monoisotopic (exact) mass is 284 g/mol. The van der Waals surface area contributed by atoms with Crippen LogP contribution < -0.4 is 4.74 Å². The molecule has 1 saturated carbocycles. The highest BCUT2D eigenvalue weighted by Gasteiger charge is 2.38. The van der Waals surface area contributed by atoms with Crippen LogP contribution >= 0.6 is 0 Å². The second-order valence-corrected chi connectivity index (χ2v) is 5.77. The fourth-order valence-corrected chi connectivity index (χ4v) is 2.95. The van der Waals surface area contributed by atoms with Gasteiger partial charge in [0.2, 0.25) is 5.92 Å². The van der Waals surface area contributed by atoms with Gasteiger partial charge in [-0.15, -0.1) is 0 Å². The maximum Gasteiger partial charge on any atom is 0.248 e. The normalized spacial score (nSPS) is 20.7. The van der Waals surface area contributed by atoms with Gasteiger partial charge < -0.3 is 9.84 Å². The number of hydrogen-bond acceptors (Lipinski definition) is 2. The van der Waals surface area contributed by atoms with Crippen LogP contribution in [0.2, 0.25) is 0 Å². The van der Waals surface area contributed by atoms with Gasteiger partial charge in [-0.2, -0.15) is 0 Å². The lowest BCUT2D eigenvalue weighted by molar-refractivity contribution is -0.0629. The van der Waals surface area contributed by atoms with Gasteiger partial charge >= 0.3 is 0 Å². The fourth-order valence-electron chi connectivity index (χ4n) is 2.95. The van der Waals surface area contributed by atoms with E-state index in [1.54, 1.807) is 7.11 Å². The van der Waals surface area contributed by atoms with Crippen LogP contribution in [-0.2, 0) is 0 Å². The van der Waals surface area contributed by atoms with E-state index in [1.165, 1.54) is 0 Å². The third-order valence-corrected chi connectivity index (χ3v) is 4.44. The summed E-state index contributed by atoms with van der Waals surface area (Å²) in [7, 11) is 1.58. The van der Waals surface area contributed by atoms with E-state index in [9.17, 15) is 13.9 Å². The molecule has 4 heteroatoms. The average molecular weight is 284 g/mol. The van der Waals surface area contributed by atoms with Crippen LogP contribution in [0.4, 0.5) is 8.78 Å². The second-order valence-electron chi connectivity index (χ2n) is 5.77. The maximum atomic E-state index is 13.2. The lowest BCUT2D eigenvalue weighted by Crippen LogP contribution is -2.28. The molecule has 2 rings (SSSR count). The zero-order chi connectivity index (χ0) is 14.9. The number of hydrogen-bond donors (Lipinski definition) is 1. The van der Waals surface area contributed by atoms with Gasteiger partial charge in [0.15, 0.2) is 0 Å². The van der Waals surface area contributed by atoms with E-state index in [1.807, 2.05) is 26.0 Å². The number of alkyl halides is 2. The highest BCUT2D eigenvalue weighted by atomic mass is 19.3. The topological polar surface area (TPSA) is 29.5 Å². The molecular weight excluding hydrogens is 262 g/mol. The van der Waals surface area contributed by atoms with Crippen LogP contribution in [0.15, 0.2) is 12.1 Å². The molecule has 0 bridgehead atoms. The van der Waals surface area contributed by atoms with Gasteiger partial charge in [-0.3, -0.25) is 0 Å². The summed E-state index contributed by atoms with van der Waals surface area (Å²) in [6.07, 6.45) is -0.307. The van der Waals surface area contributed by atoms with Crippen molar-refractivity contribution in [2.24, 2.45) is 5.92 Å². The third kappa shape index (κ3) is 2.95. The lowest BCUT2D eigenvalue weighted by atomic mass is 9.80. The highest BCUT2D eigenvalue weighted by molar-refractivity contribution is 5.46. The van der Waals surface area contributed by atoms with Crippen LogP contribution in [0.3, 0.4) is 0 Å². The lowest BCUT2D eigenvalue weighted by Gasteiger charge is -2.32. The van der Waals surface area contributed by atoms with Crippen LogP contribution in [0, 0.1) is 19.8 Å². The predicted molar refractivity (Wildman–Crippen MR) is 74.3 cm³/mol. The molecule has 1 aromatic rings. The molecule has 1 aliphatic rings. The standard InChI is InChI=1S/C16H22F2O2/c1-10-4-5-13(15(20-3)11(10)2)14(19)12-6-8-16(17,18)9-7-12/h4-5,12,14,19H,6-9H2,1-3H3. The Morgan fingerprint density at radius 1 is 1.25 bits per heavy atom. The summed E-state index contributed by atoms with van der Waals surface area (Å²) < 4.78 is 31.8. The van der Waals surface area contributed by atoms with Crippen molar-refractivity contribution in [3.63, 3.8) is 0 Å². The van der Waals surface area contributed by atoms with E-state index >= 15 is 0 Å². The molecule has 1 N–H and O–H groups in total. The Bertz CT molecular complexity index is 476. The van der Waals surface area contributed by atoms with Crippen molar-refractivity contribution in [1.82, 2.24) is 0 Å². The summed E-state index contributed by atoms with van der Waals surface area (Å²) in [6, 6.07) is 3.78. The summed E-state index contributed by atoms with van der Waals surface area (Å²) in [6.45, 7) is 3.93. The summed E-state index contributed by atoms with van der Waals surface area (Å²) in [5.74, 6) is -2.01. The van der Waals surface area contributed by atoms with Gasteiger partial charge in [-0.25, -0.2) is 8.78 Å². The number of benzene rings is 1. The molecule has 0 radical (unpaired) electrons. The maximum absolute atomic E-state index is 13.2. The van der Waals surface area contributed by atoms with Crippen molar-refractivity contribution < 1.29 is 18.6 Å². The van der Waals surface area contributed by atoms with Crippen LogP contribution in [0.5, 0.6) is 5.75 Å². The van der Waals surface area contributed by atoms with Gasteiger partial charge in [0, 0.05) is 18.4 Å². The molecule has 2 nitrogen and oxygen atoms in total. The van der Waals surface area contributed by atoms with E-state index < -0.39 is 12.0 Å². The molecule has 0 heterocycles. The van der Waals surface area contributed by atoms with Gasteiger partial charge in [-0.1, -0.05) is 12.1 Å². The van der Waals surface area contributed by atoms with Crippen molar-refractivity contribution >= 4 is 0 Å². The van der Waals surface area contributed by atoms with Crippen molar-refractivity contribution in [1.29, 1.82) is 0 Å².